The summed E-state index contributed by atoms with van der Waals surface area (Å²) in [6.07, 6.45) is 2.27. The van der Waals surface area contributed by atoms with E-state index < -0.39 is 0 Å². The van der Waals surface area contributed by atoms with Crippen LogP contribution in [0.4, 0.5) is 4.79 Å². The number of carbonyl (C=O) groups is 1. The number of urea groups is 1. The molecular weight excluding hydrogens is 268 g/mol. The summed E-state index contributed by atoms with van der Waals surface area (Å²) in [6.45, 7) is 6.35. The summed E-state index contributed by atoms with van der Waals surface area (Å²) in [5, 5.41) is 5.59. The van der Waals surface area contributed by atoms with Crippen molar-refractivity contribution in [2.75, 3.05) is 26.3 Å². The van der Waals surface area contributed by atoms with Gasteiger partial charge in [0.05, 0.1) is 12.6 Å². The number of rotatable bonds is 6. The van der Waals surface area contributed by atoms with Gasteiger partial charge in [0.25, 0.3) is 0 Å². The number of hydrogen-bond acceptors (Lipinski definition) is 3. The third kappa shape index (κ3) is 5.27. The molecule has 116 valence electrons. The zero-order valence-electron chi connectivity index (χ0n) is 12.8. The van der Waals surface area contributed by atoms with E-state index in [4.69, 9.17) is 9.47 Å². The molecule has 2 amide bonds. The molecule has 1 fully saturated rings. The van der Waals surface area contributed by atoms with E-state index in [0.29, 0.717) is 19.7 Å². The molecule has 0 spiro atoms. The van der Waals surface area contributed by atoms with Crippen molar-refractivity contribution in [2.24, 2.45) is 0 Å². The molecule has 5 heteroatoms. The first-order chi connectivity index (χ1) is 10.1. The molecule has 1 atom stereocenters. The van der Waals surface area contributed by atoms with Gasteiger partial charge >= 0.3 is 6.03 Å². The summed E-state index contributed by atoms with van der Waals surface area (Å²) in [5.74, 6) is 0.872. The maximum absolute atomic E-state index is 11.6. The summed E-state index contributed by atoms with van der Waals surface area (Å²) in [5.41, 5.74) is 2.27. The number of benzene rings is 1. The first kappa shape index (κ1) is 15.6. The van der Waals surface area contributed by atoms with E-state index in [0.717, 1.165) is 36.3 Å². The zero-order valence-corrected chi connectivity index (χ0v) is 12.8. The Morgan fingerprint density at radius 2 is 2.24 bits per heavy atom. The predicted molar refractivity (Wildman–Crippen MR) is 81.8 cm³/mol. The molecule has 2 rings (SSSR count). The highest BCUT2D eigenvalue weighted by Gasteiger charge is 2.15. The van der Waals surface area contributed by atoms with Crippen molar-refractivity contribution in [2.45, 2.75) is 32.8 Å². The van der Waals surface area contributed by atoms with Crippen LogP contribution >= 0.6 is 0 Å². The van der Waals surface area contributed by atoms with Gasteiger partial charge in [-0.05, 0) is 43.9 Å². The number of nitrogens with one attached hydrogen (secondary N) is 2. The van der Waals surface area contributed by atoms with Gasteiger partial charge in [-0.2, -0.15) is 0 Å². The van der Waals surface area contributed by atoms with Crippen LogP contribution in [0.1, 0.15) is 24.0 Å². The monoisotopic (exact) mass is 292 g/mol. The second-order valence-electron chi connectivity index (χ2n) is 5.39. The molecule has 1 heterocycles. The SMILES string of the molecule is Cc1ccc(C)c(OCCNC(=O)NCC2CCCO2)c1. The standard InChI is InChI=1S/C16H24N2O3/c1-12-5-6-13(2)15(10-12)21-9-7-17-16(19)18-11-14-4-3-8-20-14/h5-6,10,14H,3-4,7-9,11H2,1-2H3,(H2,17,18,19). The van der Waals surface area contributed by atoms with Gasteiger partial charge in [-0.25, -0.2) is 4.79 Å². The highest BCUT2D eigenvalue weighted by Crippen LogP contribution is 2.18. The quantitative estimate of drug-likeness (QED) is 0.790. The highest BCUT2D eigenvalue weighted by molar-refractivity contribution is 5.73. The van der Waals surface area contributed by atoms with Crippen molar-refractivity contribution >= 4 is 6.03 Å². The van der Waals surface area contributed by atoms with Crippen LogP contribution in [-0.2, 0) is 4.74 Å². The van der Waals surface area contributed by atoms with Gasteiger partial charge in [-0.1, -0.05) is 12.1 Å². The largest absolute Gasteiger partial charge is 0.491 e. The Balaban J connectivity index is 1.60. The summed E-state index contributed by atoms with van der Waals surface area (Å²) in [4.78, 5) is 11.6. The molecule has 21 heavy (non-hydrogen) atoms. The topological polar surface area (TPSA) is 59.6 Å². The maximum Gasteiger partial charge on any atom is 0.315 e. The molecule has 1 aromatic rings. The average molecular weight is 292 g/mol. The molecule has 2 N–H and O–H groups in total. The number of amides is 2. The predicted octanol–water partition coefficient (Wildman–Crippen LogP) is 2.16. The van der Waals surface area contributed by atoms with Crippen LogP contribution in [0.2, 0.25) is 0 Å². The molecule has 1 saturated heterocycles. The van der Waals surface area contributed by atoms with Gasteiger partial charge in [0.15, 0.2) is 0 Å². The van der Waals surface area contributed by atoms with Crippen molar-refractivity contribution < 1.29 is 14.3 Å². The molecule has 0 radical (unpaired) electrons. The fraction of sp³-hybridized carbons (Fsp3) is 0.562. The smallest absolute Gasteiger partial charge is 0.315 e. The van der Waals surface area contributed by atoms with E-state index in [1.165, 1.54) is 0 Å². The van der Waals surface area contributed by atoms with Crippen LogP contribution in [0.3, 0.4) is 0 Å². The van der Waals surface area contributed by atoms with E-state index in [2.05, 4.69) is 16.7 Å². The highest BCUT2D eigenvalue weighted by atomic mass is 16.5. The van der Waals surface area contributed by atoms with Gasteiger partial charge in [0.2, 0.25) is 0 Å². The molecule has 1 unspecified atom stereocenters. The molecule has 1 aliphatic heterocycles. The lowest BCUT2D eigenvalue weighted by Crippen LogP contribution is -2.41. The fourth-order valence-corrected chi connectivity index (χ4v) is 2.26. The Morgan fingerprint density at radius 3 is 3.00 bits per heavy atom. The van der Waals surface area contributed by atoms with Gasteiger partial charge < -0.3 is 20.1 Å². The number of carbonyl (C=O) groups excluding carboxylic acids is 1. The molecule has 5 nitrogen and oxygen atoms in total. The Bertz CT molecular complexity index is 471. The second kappa shape index (κ2) is 7.88. The van der Waals surface area contributed by atoms with Gasteiger partial charge in [0.1, 0.15) is 12.4 Å². The Morgan fingerprint density at radius 1 is 1.38 bits per heavy atom. The summed E-state index contributed by atoms with van der Waals surface area (Å²) < 4.78 is 11.1. The molecule has 0 bridgehead atoms. The van der Waals surface area contributed by atoms with Crippen molar-refractivity contribution in [3.8, 4) is 5.75 Å². The molecule has 0 aliphatic carbocycles. The lowest BCUT2D eigenvalue weighted by atomic mass is 10.1. The zero-order chi connectivity index (χ0) is 15.1. The Labute approximate surface area is 126 Å². The van der Waals surface area contributed by atoms with Crippen molar-refractivity contribution in [1.82, 2.24) is 10.6 Å². The molecular formula is C16H24N2O3. The van der Waals surface area contributed by atoms with Crippen LogP contribution in [0.25, 0.3) is 0 Å². The van der Waals surface area contributed by atoms with Crippen molar-refractivity contribution in [3.05, 3.63) is 29.3 Å². The third-order valence-electron chi connectivity index (χ3n) is 3.50. The average Bonchev–Trinajstić information content (AvgIpc) is 2.98. The minimum Gasteiger partial charge on any atom is -0.491 e. The summed E-state index contributed by atoms with van der Waals surface area (Å²) >= 11 is 0. The van der Waals surface area contributed by atoms with Crippen molar-refractivity contribution in [1.29, 1.82) is 0 Å². The lowest BCUT2D eigenvalue weighted by Gasteiger charge is -2.13. The van der Waals surface area contributed by atoms with Crippen LogP contribution in [0, 0.1) is 13.8 Å². The van der Waals surface area contributed by atoms with Gasteiger partial charge in [-0.15, -0.1) is 0 Å². The van der Waals surface area contributed by atoms with E-state index in [1.54, 1.807) is 0 Å². The molecule has 1 aromatic carbocycles. The van der Waals surface area contributed by atoms with E-state index in [1.807, 2.05) is 26.0 Å². The lowest BCUT2D eigenvalue weighted by molar-refractivity contribution is 0.111. The van der Waals surface area contributed by atoms with E-state index in [9.17, 15) is 4.79 Å². The number of hydrogen-bond donors (Lipinski definition) is 2. The molecule has 1 aliphatic rings. The van der Waals surface area contributed by atoms with Crippen LogP contribution in [0.5, 0.6) is 5.75 Å². The summed E-state index contributed by atoms with van der Waals surface area (Å²) in [6, 6.07) is 5.92. The third-order valence-corrected chi connectivity index (χ3v) is 3.50. The normalized spacial score (nSPS) is 17.5. The minimum absolute atomic E-state index is 0.168. The van der Waals surface area contributed by atoms with E-state index in [-0.39, 0.29) is 12.1 Å². The summed E-state index contributed by atoms with van der Waals surface area (Å²) in [7, 11) is 0. The molecule has 0 saturated carbocycles. The fourth-order valence-electron chi connectivity index (χ4n) is 2.26. The van der Waals surface area contributed by atoms with Crippen LogP contribution in [-0.4, -0.2) is 38.4 Å². The Hall–Kier alpha value is -1.75. The van der Waals surface area contributed by atoms with Crippen LogP contribution < -0.4 is 15.4 Å². The Kier molecular flexibility index (Phi) is 5.87. The van der Waals surface area contributed by atoms with Crippen LogP contribution in [0.15, 0.2) is 18.2 Å². The van der Waals surface area contributed by atoms with Gasteiger partial charge in [0, 0.05) is 13.2 Å². The van der Waals surface area contributed by atoms with Crippen molar-refractivity contribution in [3.63, 3.8) is 0 Å². The first-order valence-electron chi connectivity index (χ1n) is 7.48. The first-order valence-corrected chi connectivity index (χ1v) is 7.48. The van der Waals surface area contributed by atoms with Gasteiger partial charge in [-0.3, -0.25) is 0 Å². The number of ether oxygens (including phenoxy) is 2. The minimum atomic E-state index is -0.171. The van der Waals surface area contributed by atoms with E-state index >= 15 is 0 Å². The maximum atomic E-state index is 11.6. The number of aryl methyl sites for hydroxylation is 2. The molecule has 0 aromatic heterocycles. The second-order valence-corrected chi connectivity index (χ2v) is 5.39.